The van der Waals surface area contributed by atoms with Crippen molar-refractivity contribution in [1.82, 2.24) is 0 Å². The molecule has 0 aliphatic heterocycles. The van der Waals surface area contributed by atoms with E-state index in [4.69, 9.17) is 5.11 Å². The summed E-state index contributed by atoms with van der Waals surface area (Å²) in [5, 5.41) is 9.08. The van der Waals surface area contributed by atoms with Gasteiger partial charge in [0.2, 0.25) is 0 Å². The number of nitrogens with zero attached hydrogens (tertiary/aromatic N) is 1. The minimum atomic E-state index is -0.867. The van der Waals surface area contributed by atoms with E-state index < -0.39 is 5.97 Å². The monoisotopic (exact) mass is 307 g/mol. The molecular formula is C20H21NO2. The van der Waals surface area contributed by atoms with E-state index in [0.717, 1.165) is 47.2 Å². The van der Waals surface area contributed by atoms with Crippen LogP contribution < -0.4 is 4.90 Å². The van der Waals surface area contributed by atoms with Gasteiger partial charge in [-0.2, -0.15) is 0 Å². The van der Waals surface area contributed by atoms with Gasteiger partial charge < -0.3 is 10.0 Å². The Morgan fingerprint density at radius 3 is 2.39 bits per heavy atom. The van der Waals surface area contributed by atoms with E-state index in [-0.39, 0.29) is 0 Å². The summed E-state index contributed by atoms with van der Waals surface area (Å²) in [6.45, 7) is 0. The maximum atomic E-state index is 11.1. The molecule has 2 aromatic rings. The second-order valence-corrected chi connectivity index (χ2v) is 6.17. The lowest BCUT2D eigenvalue weighted by Crippen LogP contribution is -2.08. The molecule has 0 fully saturated rings. The van der Waals surface area contributed by atoms with Gasteiger partial charge in [-0.3, -0.25) is 0 Å². The molecule has 0 bridgehead atoms. The lowest BCUT2D eigenvalue weighted by molar-refractivity contribution is -0.131. The van der Waals surface area contributed by atoms with E-state index in [9.17, 15) is 4.79 Å². The lowest BCUT2D eigenvalue weighted by atomic mass is 9.85. The molecule has 3 heteroatoms. The van der Waals surface area contributed by atoms with Crippen molar-refractivity contribution in [3.05, 3.63) is 59.7 Å². The second-order valence-electron chi connectivity index (χ2n) is 6.17. The average molecular weight is 307 g/mol. The Labute approximate surface area is 136 Å². The van der Waals surface area contributed by atoms with Gasteiger partial charge in [0.1, 0.15) is 0 Å². The number of benzene rings is 2. The number of aliphatic carboxylic acids is 1. The lowest BCUT2D eigenvalue weighted by Gasteiger charge is -2.20. The maximum Gasteiger partial charge on any atom is 0.328 e. The van der Waals surface area contributed by atoms with Crippen LogP contribution in [0.15, 0.2) is 48.5 Å². The van der Waals surface area contributed by atoms with E-state index in [1.807, 2.05) is 14.1 Å². The number of anilines is 1. The summed E-state index contributed by atoms with van der Waals surface area (Å²) in [4.78, 5) is 13.1. The van der Waals surface area contributed by atoms with Crippen LogP contribution in [-0.4, -0.2) is 25.2 Å². The van der Waals surface area contributed by atoms with Gasteiger partial charge in [0.05, 0.1) is 0 Å². The number of hydrogen-bond acceptors (Lipinski definition) is 2. The van der Waals surface area contributed by atoms with Crippen LogP contribution in [0, 0.1) is 0 Å². The Morgan fingerprint density at radius 1 is 1.04 bits per heavy atom. The summed E-state index contributed by atoms with van der Waals surface area (Å²) < 4.78 is 0. The van der Waals surface area contributed by atoms with Crippen molar-refractivity contribution >= 4 is 17.2 Å². The standard InChI is InChI=1S/C20H21NO2/c1-21(2)18-10-8-14(9-11-18)16-7-6-15-4-3-5-17(13-20(22)23)19(15)12-16/h6-13H,3-5H2,1-2H3,(H,22,23)/b17-13+. The molecule has 1 N–H and O–H groups in total. The molecule has 2 aromatic carbocycles. The summed E-state index contributed by atoms with van der Waals surface area (Å²) in [6.07, 6.45) is 4.23. The molecule has 118 valence electrons. The zero-order valence-electron chi connectivity index (χ0n) is 13.5. The third-order valence-corrected chi connectivity index (χ3v) is 4.36. The predicted molar refractivity (Wildman–Crippen MR) is 94.8 cm³/mol. The molecule has 3 rings (SSSR count). The second kappa shape index (κ2) is 6.29. The molecule has 1 aliphatic carbocycles. The number of carboxylic acid groups (broad SMARTS) is 1. The van der Waals surface area contributed by atoms with Gasteiger partial charge in [-0.15, -0.1) is 0 Å². The molecule has 0 aromatic heterocycles. The van der Waals surface area contributed by atoms with Gasteiger partial charge in [0.15, 0.2) is 0 Å². The molecule has 0 radical (unpaired) electrons. The number of rotatable bonds is 3. The summed E-state index contributed by atoms with van der Waals surface area (Å²) in [5.41, 5.74) is 6.72. The SMILES string of the molecule is CN(C)c1ccc(-c2ccc3c(c2)/C(=C/C(=O)O)CCC3)cc1. The van der Waals surface area contributed by atoms with Crippen LogP contribution in [0.25, 0.3) is 16.7 Å². The minimum Gasteiger partial charge on any atom is -0.478 e. The molecular weight excluding hydrogens is 286 g/mol. The highest BCUT2D eigenvalue weighted by molar-refractivity contribution is 5.91. The highest BCUT2D eigenvalue weighted by atomic mass is 16.4. The number of carboxylic acids is 1. The fourth-order valence-corrected chi connectivity index (χ4v) is 3.13. The fourth-order valence-electron chi connectivity index (χ4n) is 3.13. The molecule has 0 heterocycles. The molecule has 0 amide bonds. The molecule has 0 saturated heterocycles. The first kappa shape index (κ1) is 15.3. The van der Waals surface area contributed by atoms with Crippen LogP contribution in [0.1, 0.15) is 24.0 Å². The van der Waals surface area contributed by atoms with Crippen molar-refractivity contribution in [1.29, 1.82) is 0 Å². The zero-order chi connectivity index (χ0) is 16.4. The van der Waals surface area contributed by atoms with Gasteiger partial charge in [-0.25, -0.2) is 4.79 Å². The zero-order valence-corrected chi connectivity index (χ0v) is 13.5. The van der Waals surface area contributed by atoms with Crippen LogP contribution in [0.2, 0.25) is 0 Å². The summed E-state index contributed by atoms with van der Waals surface area (Å²) in [6, 6.07) is 14.8. The Kier molecular flexibility index (Phi) is 4.20. The van der Waals surface area contributed by atoms with Gasteiger partial charge in [0, 0.05) is 25.9 Å². The maximum absolute atomic E-state index is 11.1. The van der Waals surface area contributed by atoms with Crippen molar-refractivity contribution in [3.8, 4) is 11.1 Å². The van der Waals surface area contributed by atoms with Gasteiger partial charge in [-0.05, 0) is 65.3 Å². The average Bonchev–Trinajstić information content (AvgIpc) is 2.54. The van der Waals surface area contributed by atoms with Crippen molar-refractivity contribution in [2.75, 3.05) is 19.0 Å². The van der Waals surface area contributed by atoms with Crippen molar-refractivity contribution in [2.24, 2.45) is 0 Å². The molecule has 23 heavy (non-hydrogen) atoms. The predicted octanol–water partition coefficient (Wildman–Crippen LogP) is 4.22. The van der Waals surface area contributed by atoms with Crippen molar-refractivity contribution in [2.45, 2.75) is 19.3 Å². The highest BCUT2D eigenvalue weighted by Gasteiger charge is 2.16. The van der Waals surface area contributed by atoms with E-state index in [0.29, 0.717) is 0 Å². The first-order valence-electron chi connectivity index (χ1n) is 7.89. The molecule has 0 unspecified atom stereocenters. The third-order valence-electron chi connectivity index (χ3n) is 4.36. The Balaban J connectivity index is 2.01. The Hall–Kier alpha value is -2.55. The smallest absolute Gasteiger partial charge is 0.328 e. The summed E-state index contributed by atoms with van der Waals surface area (Å²) in [5.74, 6) is -0.867. The molecule has 0 atom stereocenters. The topological polar surface area (TPSA) is 40.5 Å². The van der Waals surface area contributed by atoms with E-state index in [1.54, 1.807) is 0 Å². The number of aryl methyl sites for hydroxylation is 1. The van der Waals surface area contributed by atoms with Crippen LogP contribution in [0.3, 0.4) is 0 Å². The van der Waals surface area contributed by atoms with Gasteiger partial charge in [0.25, 0.3) is 0 Å². The van der Waals surface area contributed by atoms with Crippen molar-refractivity contribution < 1.29 is 9.90 Å². The normalized spacial score (nSPS) is 15.3. The Morgan fingerprint density at radius 2 is 1.74 bits per heavy atom. The van der Waals surface area contributed by atoms with E-state index in [2.05, 4.69) is 47.4 Å². The quantitative estimate of drug-likeness (QED) is 0.863. The first-order valence-corrected chi connectivity index (χ1v) is 7.89. The molecule has 3 nitrogen and oxygen atoms in total. The molecule has 0 spiro atoms. The van der Waals surface area contributed by atoms with E-state index >= 15 is 0 Å². The first-order chi connectivity index (χ1) is 11.0. The highest BCUT2D eigenvalue weighted by Crippen LogP contribution is 2.34. The van der Waals surface area contributed by atoms with Crippen LogP contribution in [-0.2, 0) is 11.2 Å². The summed E-state index contributed by atoms with van der Waals surface area (Å²) in [7, 11) is 4.05. The van der Waals surface area contributed by atoms with Gasteiger partial charge in [-0.1, -0.05) is 24.3 Å². The van der Waals surface area contributed by atoms with Crippen LogP contribution >= 0.6 is 0 Å². The fraction of sp³-hybridized carbons (Fsp3) is 0.250. The number of carbonyl (C=O) groups is 1. The largest absolute Gasteiger partial charge is 0.478 e. The Bertz CT molecular complexity index is 758. The number of fused-ring (bicyclic) bond motifs is 1. The molecule has 1 aliphatic rings. The van der Waals surface area contributed by atoms with Gasteiger partial charge >= 0.3 is 5.97 Å². The number of allylic oxidation sites excluding steroid dienone is 1. The van der Waals surface area contributed by atoms with Crippen LogP contribution in [0.4, 0.5) is 5.69 Å². The summed E-state index contributed by atoms with van der Waals surface area (Å²) >= 11 is 0. The molecule has 0 saturated carbocycles. The number of hydrogen-bond donors (Lipinski definition) is 1. The van der Waals surface area contributed by atoms with Crippen LogP contribution in [0.5, 0.6) is 0 Å². The van der Waals surface area contributed by atoms with Crippen molar-refractivity contribution in [3.63, 3.8) is 0 Å². The van der Waals surface area contributed by atoms with E-state index in [1.165, 1.54) is 11.6 Å². The third kappa shape index (κ3) is 3.29. The minimum absolute atomic E-state index is 0.836.